The molecule has 5 N–H and O–H groups in total. The second kappa shape index (κ2) is 5.43. The molecule has 0 saturated carbocycles. The van der Waals surface area contributed by atoms with Crippen molar-refractivity contribution in [3.63, 3.8) is 0 Å². The van der Waals surface area contributed by atoms with Crippen LogP contribution >= 0.6 is 0 Å². The van der Waals surface area contributed by atoms with E-state index in [9.17, 15) is 39.9 Å². The van der Waals surface area contributed by atoms with Crippen LogP contribution in [0.3, 0.4) is 0 Å². The Morgan fingerprint density at radius 3 is 1.41 bits per heavy atom. The number of hydrogen-bond donors (Lipinski definition) is 5. The second-order valence-corrected chi connectivity index (χ2v) is 4.40. The molecule has 2 aromatic carbocycles. The molecule has 0 radical (unpaired) electrons. The lowest BCUT2D eigenvalue weighted by Crippen LogP contribution is -2.10. The molecule has 8 nitrogen and oxygen atoms in total. The van der Waals surface area contributed by atoms with Crippen molar-refractivity contribution in [2.24, 2.45) is 0 Å². The molecule has 8 heteroatoms. The second-order valence-electron chi connectivity index (χ2n) is 4.40. The van der Waals surface area contributed by atoms with Crippen molar-refractivity contribution in [1.82, 2.24) is 0 Å². The SMILES string of the molecule is O=C(O)c1ccc(C(=O)O)c2c(C(O)O)ccc(C(=O)O)c12. The first kappa shape index (κ1) is 15.4. The van der Waals surface area contributed by atoms with E-state index in [1.165, 1.54) is 0 Å². The van der Waals surface area contributed by atoms with E-state index >= 15 is 0 Å². The number of rotatable bonds is 4. The number of fused-ring (bicyclic) bond motifs is 1. The van der Waals surface area contributed by atoms with E-state index in [-0.39, 0.29) is 16.3 Å². The zero-order valence-electron chi connectivity index (χ0n) is 10.8. The van der Waals surface area contributed by atoms with Gasteiger partial charge in [0.15, 0.2) is 6.29 Å². The Kier molecular flexibility index (Phi) is 3.81. The minimum atomic E-state index is -2.09. The van der Waals surface area contributed by atoms with E-state index in [2.05, 4.69) is 0 Å². The number of hydrogen-bond acceptors (Lipinski definition) is 5. The van der Waals surface area contributed by atoms with Gasteiger partial charge in [0.1, 0.15) is 0 Å². The maximum absolute atomic E-state index is 11.3. The van der Waals surface area contributed by atoms with Crippen molar-refractivity contribution in [2.45, 2.75) is 6.29 Å². The van der Waals surface area contributed by atoms with Crippen LogP contribution in [0, 0.1) is 0 Å². The average Bonchev–Trinajstić information content (AvgIpc) is 2.43. The molecule has 0 aliphatic rings. The van der Waals surface area contributed by atoms with Crippen LogP contribution in [0.25, 0.3) is 10.8 Å². The van der Waals surface area contributed by atoms with Crippen molar-refractivity contribution in [3.8, 4) is 0 Å². The molecule has 2 aromatic rings. The van der Waals surface area contributed by atoms with Crippen LogP contribution in [0.2, 0.25) is 0 Å². The molecule has 0 aliphatic heterocycles. The van der Waals surface area contributed by atoms with E-state index in [4.69, 9.17) is 0 Å². The summed E-state index contributed by atoms with van der Waals surface area (Å²) in [6.45, 7) is 0. The molecule has 2 rings (SSSR count). The highest BCUT2D eigenvalue weighted by Crippen LogP contribution is 2.32. The lowest BCUT2D eigenvalue weighted by atomic mass is 9.91. The van der Waals surface area contributed by atoms with Gasteiger partial charge in [0.05, 0.1) is 16.7 Å². The van der Waals surface area contributed by atoms with Gasteiger partial charge in [-0.05, 0) is 18.2 Å². The Hall–Kier alpha value is -2.97. The van der Waals surface area contributed by atoms with Gasteiger partial charge in [0, 0.05) is 16.3 Å². The fourth-order valence-corrected chi connectivity index (χ4v) is 2.27. The highest BCUT2D eigenvalue weighted by Gasteiger charge is 2.24. The Labute approximate surface area is 122 Å². The summed E-state index contributed by atoms with van der Waals surface area (Å²) in [6.07, 6.45) is -2.09. The highest BCUT2D eigenvalue weighted by atomic mass is 16.5. The lowest BCUT2D eigenvalue weighted by Gasteiger charge is -2.15. The molecule has 0 fully saturated rings. The van der Waals surface area contributed by atoms with Gasteiger partial charge in [-0.1, -0.05) is 6.07 Å². The van der Waals surface area contributed by atoms with Crippen molar-refractivity contribution < 1.29 is 39.9 Å². The zero-order valence-corrected chi connectivity index (χ0v) is 10.8. The summed E-state index contributed by atoms with van der Waals surface area (Å²) in [4.78, 5) is 33.9. The summed E-state index contributed by atoms with van der Waals surface area (Å²) in [5.74, 6) is -4.38. The molecular weight excluding hydrogens is 296 g/mol. The first-order chi connectivity index (χ1) is 10.3. The highest BCUT2D eigenvalue weighted by molar-refractivity contribution is 6.18. The molecule has 0 atom stereocenters. The predicted molar refractivity (Wildman–Crippen MR) is 72.0 cm³/mol. The summed E-state index contributed by atoms with van der Waals surface area (Å²) >= 11 is 0. The van der Waals surface area contributed by atoms with Crippen LogP contribution < -0.4 is 0 Å². The quantitative estimate of drug-likeness (QED) is 0.523. The van der Waals surface area contributed by atoms with E-state index in [1.807, 2.05) is 0 Å². The minimum absolute atomic E-state index is 0.291. The van der Waals surface area contributed by atoms with E-state index < -0.39 is 40.9 Å². The lowest BCUT2D eigenvalue weighted by molar-refractivity contribution is -0.0413. The smallest absolute Gasteiger partial charge is 0.336 e. The molecule has 0 amide bonds. The fourth-order valence-electron chi connectivity index (χ4n) is 2.27. The topological polar surface area (TPSA) is 152 Å². The van der Waals surface area contributed by atoms with Crippen molar-refractivity contribution in [3.05, 3.63) is 46.5 Å². The Bertz CT molecular complexity index is 786. The van der Waals surface area contributed by atoms with Gasteiger partial charge in [-0.2, -0.15) is 0 Å². The molecule has 0 saturated heterocycles. The Morgan fingerprint density at radius 1 is 0.682 bits per heavy atom. The van der Waals surface area contributed by atoms with Gasteiger partial charge in [-0.3, -0.25) is 0 Å². The molecule has 0 heterocycles. The average molecular weight is 306 g/mol. The van der Waals surface area contributed by atoms with Gasteiger partial charge in [-0.25, -0.2) is 14.4 Å². The zero-order chi connectivity index (χ0) is 16.6. The standard InChI is InChI=1S/C14H10O8/c15-11(16)5-1-2-6(12(17)18)10-8(14(21)22)4-3-7(9(5)10)13(19)20/h1-4,11,15-16H,(H,17,18)(H,19,20)(H,21,22). The number of aromatic carboxylic acids is 3. The molecule has 22 heavy (non-hydrogen) atoms. The molecular formula is C14H10O8. The van der Waals surface area contributed by atoms with Crippen molar-refractivity contribution in [2.75, 3.05) is 0 Å². The maximum atomic E-state index is 11.3. The van der Waals surface area contributed by atoms with E-state index in [0.29, 0.717) is 0 Å². The first-order valence-electron chi connectivity index (χ1n) is 5.91. The summed E-state index contributed by atoms with van der Waals surface area (Å²) in [6, 6.07) is 3.98. The third-order valence-corrected chi connectivity index (χ3v) is 3.16. The first-order valence-corrected chi connectivity index (χ1v) is 5.91. The van der Waals surface area contributed by atoms with Gasteiger partial charge in [-0.15, -0.1) is 0 Å². The number of carboxylic acid groups (broad SMARTS) is 3. The van der Waals surface area contributed by atoms with E-state index in [1.54, 1.807) is 0 Å². The minimum Gasteiger partial charge on any atom is -0.478 e. The van der Waals surface area contributed by atoms with Crippen LogP contribution in [0.1, 0.15) is 42.9 Å². The third-order valence-electron chi connectivity index (χ3n) is 3.16. The van der Waals surface area contributed by atoms with Gasteiger partial charge in [0.25, 0.3) is 0 Å². The van der Waals surface area contributed by atoms with Gasteiger partial charge in [0.2, 0.25) is 0 Å². The van der Waals surface area contributed by atoms with Crippen LogP contribution in [-0.2, 0) is 0 Å². The van der Waals surface area contributed by atoms with Crippen molar-refractivity contribution >= 4 is 28.7 Å². The molecule has 0 unspecified atom stereocenters. The largest absolute Gasteiger partial charge is 0.478 e. The number of carboxylic acids is 3. The number of aliphatic hydroxyl groups excluding tert-OH is 1. The normalized spacial score (nSPS) is 10.9. The van der Waals surface area contributed by atoms with Crippen LogP contribution in [0.15, 0.2) is 24.3 Å². The van der Waals surface area contributed by atoms with Gasteiger partial charge < -0.3 is 25.5 Å². The summed E-state index contributed by atoms with van der Waals surface area (Å²) in [7, 11) is 0. The van der Waals surface area contributed by atoms with E-state index in [0.717, 1.165) is 24.3 Å². The number of aliphatic hydroxyl groups is 2. The molecule has 0 bridgehead atoms. The molecule has 114 valence electrons. The third kappa shape index (κ3) is 2.36. The van der Waals surface area contributed by atoms with Gasteiger partial charge >= 0.3 is 17.9 Å². The van der Waals surface area contributed by atoms with Crippen LogP contribution in [-0.4, -0.2) is 43.4 Å². The summed E-state index contributed by atoms with van der Waals surface area (Å²) < 4.78 is 0. The molecule has 0 aromatic heterocycles. The van der Waals surface area contributed by atoms with Crippen LogP contribution in [0.5, 0.6) is 0 Å². The molecule has 0 spiro atoms. The number of carbonyl (C=O) groups is 3. The Balaban J connectivity index is 3.13. The monoisotopic (exact) mass is 306 g/mol. The predicted octanol–water partition coefficient (Wildman–Crippen LogP) is 0.918. The fraction of sp³-hybridized carbons (Fsp3) is 0.0714. The Morgan fingerprint density at radius 2 is 1.05 bits per heavy atom. The number of benzene rings is 2. The van der Waals surface area contributed by atoms with Crippen molar-refractivity contribution in [1.29, 1.82) is 0 Å². The van der Waals surface area contributed by atoms with Crippen LogP contribution in [0.4, 0.5) is 0 Å². The maximum Gasteiger partial charge on any atom is 0.336 e. The summed E-state index contributed by atoms with van der Waals surface area (Å²) in [5.41, 5.74) is -1.61. The molecule has 0 aliphatic carbocycles. The summed E-state index contributed by atoms with van der Waals surface area (Å²) in [5, 5.41) is 45.6.